The summed E-state index contributed by atoms with van der Waals surface area (Å²) in [6.45, 7) is 3.63. The summed E-state index contributed by atoms with van der Waals surface area (Å²) in [5.74, 6) is -0.334. The Morgan fingerprint density at radius 2 is 2.15 bits per heavy atom. The third-order valence-electron chi connectivity index (χ3n) is 4.31. The van der Waals surface area contributed by atoms with Gasteiger partial charge in [-0.2, -0.15) is 0 Å². The number of nitrogens with one attached hydrogen (secondary N) is 1. The number of hydrogen-bond donors (Lipinski definition) is 2. The van der Waals surface area contributed by atoms with E-state index in [2.05, 4.69) is 15.3 Å². The fourth-order valence-electron chi connectivity index (χ4n) is 2.77. The number of hydrogen-bond acceptors (Lipinski definition) is 6. The number of ether oxygens (including phenoxy) is 3. The Balaban J connectivity index is 1.82. The molecule has 2 N–H and O–H groups in total. The zero-order chi connectivity index (χ0) is 18.9. The average Bonchev–Trinajstić information content (AvgIpc) is 2.66. The molecule has 0 saturated carbocycles. The second-order valence-corrected chi connectivity index (χ2v) is 6.05. The van der Waals surface area contributed by atoms with Gasteiger partial charge in [-0.3, -0.25) is 5.32 Å². The summed E-state index contributed by atoms with van der Waals surface area (Å²) in [6.07, 6.45) is -2.08. The minimum atomic E-state index is -0.858. The first kappa shape index (κ1) is 20.0. The Labute approximate surface area is 151 Å². The molecular weight excluding hydrogens is 340 g/mol. The van der Waals surface area contributed by atoms with Crippen LogP contribution in [0.2, 0.25) is 0 Å². The summed E-state index contributed by atoms with van der Waals surface area (Å²) in [5.41, 5.74) is 9.60. The minimum Gasteiger partial charge on any atom is -0.445 e. The number of aliphatic hydroxyl groups is 1. The molecule has 0 radical (unpaired) electrons. The number of rotatable bonds is 7. The van der Waals surface area contributed by atoms with Crippen LogP contribution in [0.25, 0.3) is 10.4 Å². The molecule has 2 unspecified atom stereocenters. The van der Waals surface area contributed by atoms with E-state index in [1.165, 1.54) is 0 Å². The number of amides is 1. The van der Waals surface area contributed by atoms with Gasteiger partial charge in [0.25, 0.3) is 0 Å². The number of carbonyl (C=O) groups is 1. The average molecular weight is 364 g/mol. The van der Waals surface area contributed by atoms with E-state index < -0.39 is 30.6 Å². The van der Waals surface area contributed by atoms with Crippen molar-refractivity contribution in [1.29, 1.82) is 0 Å². The molecule has 0 spiro atoms. The van der Waals surface area contributed by atoms with E-state index >= 15 is 0 Å². The maximum Gasteiger partial charge on any atom is 0.409 e. The van der Waals surface area contributed by atoms with Crippen molar-refractivity contribution in [2.75, 3.05) is 6.73 Å². The van der Waals surface area contributed by atoms with Gasteiger partial charge < -0.3 is 19.3 Å². The molecule has 1 amide bonds. The Kier molecular flexibility index (Phi) is 7.68. The van der Waals surface area contributed by atoms with Crippen molar-refractivity contribution in [2.45, 2.75) is 51.4 Å². The first-order valence-electron chi connectivity index (χ1n) is 8.50. The lowest BCUT2D eigenvalue weighted by Crippen LogP contribution is -2.53. The largest absolute Gasteiger partial charge is 0.445 e. The van der Waals surface area contributed by atoms with Gasteiger partial charge in [-0.05, 0) is 23.4 Å². The van der Waals surface area contributed by atoms with E-state index in [4.69, 9.17) is 19.7 Å². The Morgan fingerprint density at radius 3 is 2.81 bits per heavy atom. The molecule has 9 heteroatoms. The number of nitrogens with zero attached hydrogens (tertiary/aromatic N) is 3. The number of aliphatic hydroxyl groups excluding tert-OH is 1. The minimum absolute atomic E-state index is 0.148. The van der Waals surface area contributed by atoms with Gasteiger partial charge in [0.05, 0.1) is 18.2 Å². The lowest BCUT2D eigenvalue weighted by atomic mass is 9.88. The van der Waals surface area contributed by atoms with E-state index in [-0.39, 0.29) is 19.3 Å². The van der Waals surface area contributed by atoms with Crippen LogP contribution in [-0.4, -0.2) is 42.5 Å². The van der Waals surface area contributed by atoms with Crippen molar-refractivity contribution < 1.29 is 24.1 Å². The van der Waals surface area contributed by atoms with Crippen LogP contribution in [-0.2, 0) is 20.8 Å². The fourth-order valence-corrected chi connectivity index (χ4v) is 2.77. The quantitative estimate of drug-likeness (QED) is 0.333. The van der Waals surface area contributed by atoms with Crippen molar-refractivity contribution in [2.24, 2.45) is 11.0 Å². The van der Waals surface area contributed by atoms with Crippen LogP contribution in [0.5, 0.6) is 0 Å². The van der Waals surface area contributed by atoms with Gasteiger partial charge in [0.2, 0.25) is 0 Å². The SMILES string of the molecule is CCC1O[C@@H](OCNC(=O)OCc2ccccc2)C(N=[N+]=[N-])[C@@H](C)[C@@H]1O. The van der Waals surface area contributed by atoms with E-state index in [1.807, 2.05) is 37.3 Å². The van der Waals surface area contributed by atoms with Gasteiger partial charge in [0.1, 0.15) is 13.3 Å². The van der Waals surface area contributed by atoms with E-state index in [0.29, 0.717) is 6.42 Å². The highest BCUT2D eigenvalue weighted by Crippen LogP contribution is 2.30. The second-order valence-electron chi connectivity index (χ2n) is 6.05. The zero-order valence-electron chi connectivity index (χ0n) is 14.8. The van der Waals surface area contributed by atoms with Crippen molar-refractivity contribution in [3.63, 3.8) is 0 Å². The highest BCUT2D eigenvalue weighted by atomic mass is 16.7. The summed E-state index contributed by atoms with van der Waals surface area (Å²) in [6, 6.07) is 8.60. The van der Waals surface area contributed by atoms with Crippen molar-refractivity contribution in [1.82, 2.24) is 5.32 Å². The molecule has 0 aromatic heterocycles. The van der Waals surface area contributed by atoms with Gasteiger partial charge in [-0.15, -0.1) is 0 Å². The molecule has 5 atom stereocenters. The third kappa shape index (κ3) is 5.34. The summed E-state index contributed by atoms with van der Waals surface area (Å²) >= 11 is 0. The fraction of sp³-hybridized carbons (Fsp3) is 0.588. The van der Waals surface area contributed by atoms with Crippen LogP contribution in [0, 0.1) is 5.92 Å². The van der Waals surface area contributed by atoms with Gasteiger partial charge >= 0.3 is 6.09 Å². The first-order chi connectivity index (χ1) is 12.6. The number of benzene rings is 1. The van der Waals surface area contributed by atoms with Gasteiger partial charge in [0.15, 0.2) is 6.29 Å². The predicted molar refractivity (Wildman–Crippen MR) is 92.8 cm³/mol. The van der Waals surface area contributed by atoms with Crippen molar-refractivity contribution >= 4 is 6.09 Å². The van der Waals surface area contributed by atoms with Crippen LogP contribution in [0.1, 0.15) is 25.8 Å². The molecule has 2 rings (SSSR count). The molecule has 142 valence electrons. The van der Waals surface area contributed by atoms with Gasteiger partial charge in [-0.1, -0.05) is 49.3 Å². The molecule has 0 aliphatic carbocycles. The van der Waals surface area contributed by atoms with Crippen LogP contribution >= 0.6 is 0 Å². The molecule has 0 bridgehead atoms. The van der Waals surface area contributed by atoms with Gasteiger partial charge in [0, 0.05) is 4.91 Å². The standard InChI is InChI=1S/C17H24N4O5/c1-3-13-15(22)11(2)14(20-21-18)16(26-13)25-10-19-17(23)24-9-12-7-5-4-6-8-12/h4-8,11,13-16,22H,3,9-10H2,1-2H3,(H,19,23)/t11-,13?,14?,15+,16-/m1/s1. The first-order valence-corrected chi connectivity index (χ1v) is 8.50. The lowest BCUT2D eigenvalue weighted by molar-refractivity contribution is -0.247. The highest BCUT2D eigenvalue weighted by molar-refractivity contribution is 5.66. The molecular formula is C17H24N4O5. The van der Waals surface area contributed by atoms with Gasteiger partial charge in [-0.25, -0.2) is 4.79 Å². The molecule has 9 nitrogen and oxygen atoms in total. The second kappa shape index (κ2) is 9.98. The molecule has 1 aliphatic rings. The molecule has 1 aromatic carbocycles. The number of carbonyl (C=O) groups excluding carboxylic acids is 1. The molecule has 1 aromatic rings. The normalized spacial score (nSPS) is 28.0. The van der Waals surface area contributed by atoms with Crippen molar-refractivity contribution in [3.8, 4) is 0 Å². The Hall–Kier alpha value is -2.32. The van der Waals surface area contributed by atoms with E-state index in [0.717, 1.165) is 5.56 Å². The zero-order valence-corrected chi connectivity index (χ0v) is 14.8. The Bertz CT molecular complexity index is 623. The highest BCUT2D eigenvalue weighted by Gasteiger charge is 2.42. The number of azide groups is 1. The van der Waals surface area contributed by atoms with Crippen LogP contribution in [0.4, 0.5) is 4.79 Å². The molecule has 1 heterocycles. The van der Waals surface area contributed by atoms with E-state index in [1.54, 1.807) is 6.92 Å². The lowest BCUT2D eigenvalue weighted by Gasteiger charge is -2.41. The molecule has 1 saturated heterocycles. The predicted octanol–water partition coefficient (Wildman–Crippen LogP) is 2.70. The summed E-state index contributed by atoms with van der Waals surface area (Å²) in [7, 11) is 0. The van der Waals surface area contributed by atoms with Crippen LogP contribution in [0.15, 0.2) is 35.4 Å². The maximum absolute atomic E-state index is 11.7. The Morgan fingerprint density at radius 1 is 1.42 bits per heavy atom. The molecule has 1 aliphatic heterocycles. The summed E-state index contributed by atoms with van der Waals surface area (Å²) in [5, 5.41) is 16.3. The molecule has 26 heavy (non-hydrogen) atoms. The third-order valence-corrected chi connectivity index (χ3v) is 4.31. The summed E-state index contributed by atoms with van der Waals surface area (Å²) < 4.78 is 16.3. The number of alkyl carbamates (subject to hydrolysis) is 1. The van der Waals surface area contributed by atoms with Crippen LogP contribution in [0.3, 0.4) is 0 Å². The van der Waals surface area contributed by atoms with Crippen molar-refractivity contribution in [3.05, 3.63) is 46.3 Å². The molecule has 1 fully saturated rings. The van der Waals surface area contributed by atoms with Crippen LogP contribution < -0.4 is 5.32 Å². The smallest absolute Gasteiger partial charge is 0.409 e. The topological polar surface area (TPSA) is 126 Å². The maximum atomic E-state index is 11.7. The summed E-state index contributed by atoms with van der Waals surface area (Å²) in [4.78, 5) is 14.5. The van der Waals surface area contributed by atoms with E-state index in [9.17, 15) is 9.90 Å². The monoisotopic (exact) mass is 364 g/mol.